The van der Waals surface area contributed by atoms with Crippen LogP contribution >= 0.6 is 0 Å². The first-order chi connectivity index (χ1) is 10.3. The Morgan fingerprint density at radius 3 is 2.50 bits per heavy atom. The third-order valence-corrected chi connectivity index (χ3v) is 3.12. The normalized spacial score (nSPS) is 12.8. The van der Waals surface area contributed by atoms with Crippen LogP contribution in [0, 0.1) is 0 Å². The Labute approximate surface area is 128 Å². The Kier molecular flexibility index (Phi) is 6.58. The van der Waals surface area contributed by atoms with Gasteiger partial charge in [-0.05, 0) is 5.56 Å². The number of amides is 1. The van der Waals surface area contributed by atoms with Crippen molar-refractivity contribution in [1.82, 2.24) is 5.32 Å². The zero-order valence-corrected chi connectivity index (χ0v) is 12.7. The largest absolute Gasteiger partial charge is 0.481 e. The van der Waals surface area contributed by atoms with E-state index in [1.165, 1.54) is 0 Å². The van der Waals surface area contributed by atoms with E-state index < -0.39 is 34.4 Å². The second kappa shape index (κ2) is 8.18. The Bertz CT molecular complexity index is 639. The van der Waals surface area contributed by atoms with Crippen LogP contribution in [0.2, 0.25) is 0 Å². The quantitative estimate of drug-likeness (QED) is 0.781. The number of carboxylic acid groups (broad SMARTS) is 1. The molecule has 8 heteroatoms. The van der Waals surface area contributed by atoms with E-state index in [2.05, 4.69) is 5.32 Å². The summed E-state index contributed by atoms with van der Waals surface area (Å²) in [6.45, 7) is 0.0300. The number of ether oxygens (including phenoxy) is 1. The summed E-state index contributed by atoms with van der Waals surface area (Å²) in [5, 5.41) is 11.9. The molecule has 2 N–H and O–H groups in total. The first-order valence-corrected chi connectivity index (χ1v) is 8.29. The maximum atomic E-state index is 11.6. The smallest absolute Gasteiger partial charge is 0.407 e. The molecule has 22 heavy (non-hydrogen) atoms. The molecular weight excluding hydrogens is 310 g/mol. The van der Waals surface area contributed by atoms with E-state index in [1.54, 1.807) is 24.3 Å². The number of benzene rings is 1. The maximum absolute atomic E-state index is 11.6. The number of hydrogen-bond donors (Lipinski definition) is 2. The van der Waals surface area contributed by atoms with Crippen LogP contribution in [0.25, 0.3) is 0 Å². The first-order valence-electron chi connectivity index (χ1n) is 6.33. The van der Waals surface area contributed by atoms with Crippen molar-refractivity contribution in [3.05, 3.63) is 47.4 Å². The van der Waals surface area contributed by atoms with Crippen LogP contribution < -0.4 is 5.32 Å². The highest BCUT2D eigenvalue weighted by molar-refractivity contribution is 7.93. The molecule has 0 radical (unpaired) electrons. The predicted octanol–water partition coefficient (Wildman–Crippen LogP) is 1.31. The number of aliphatic carboxylic acids is 1. The molecule has 0 aliphatic heterocycles. The van der Waals surface area contributed by atoms with Gasteiger partial charge in [-0.15, -0.1) is 0 Å². The molecule has 0 aliphatic carbocycles. The topological polar surface area (TPSA) is 110 Å². The number of carbonyl (C=O) groups is 2. The number of carboxylic acids is 1. The van der Waals surface area contributed by atoms with Gasteiger partial charge in [-0.1, -0.05) is 36.4 Å². The van der Waals surface area contributed by atoms with E-state index in [4.69, 9.17) is 9.84 Å². The lowest BCUT2D eigenvalue weighted by atomic mass is 10.2. The van der Waals surface area contributed by atoms with Gasteiger partial charge in [0.15, 0.2) is 9.84 Å². The lowest BCUT2D eigenvalue weighted by molar-refractivity contribution is -0.137. The molecule has 1 rings (SSSR count). The summed E-state index contributed by atoms with van der Waals surface area (Å²) in [4.78, 5) is 22.3. The summed E-state index contributed by atoms with van der Waals surface area (Å²) in [5.74, 6) is -1.17. The third-order valence-electron chi connectivity index (χ3n) is 2.47. The van der Waals surface area contributed by atoms with Crippen LogP contribution in [0.1, 0.15) is 12.0 Å². The van der Waals surface area contributed by atoms with Crippen LogP contribution in [0.5, 0.6) is 0 Å². The first kappa shape index (κ1) is 17.7. The lowest BCUT2D eigenvalue weighted by Gasteiger charge is -2.13. The van der Waals surface area contributed by atoms with Gasteiger partial charge in [0.1, 0.15) is 6.61 Å². The summed E-state index contributed by atoms with van der Waals surface area (Å²) >= 11 is 0. The minimum Gasteiger partial charge on any atom is -0.481 e. The molecule has 1 aromatic carbocycles. The number of alkyl carbamates (subject to hydrolysis) is 1. The van der Waals surface area contributed by atoms with Gasteiger partial charge in [-0.2, -0.15) is 0 Å². The van der Waals surface area contributed by atoms with E-state index in [-0.39, 0.29) is 6.61 Å². The molecule has 0 saturated heterocycles. The van der Waals surface area contributed by atoms with E-state index in [9.17, 15) is 18.0 Å². The summed E-state index contributed by atoms with van der Waals surface area (Å²) in [5.41, 5.74) is 0.777. The van der Waals surface area contributed by atoms with E-state index >= 15 is 0 Å². The van der Waals surface area contributed by atoms with Crippen molar-refractivity contribution < 1.29 is 27.9 Å². The minimum absolute atomic E-state index is 0.0300. The van der Waals surface area contributed by atoms with Crippen molar-refractivity contribution in [1.29, 1.82) is 0 Å². The van der Waals surface area contributed by atoms with Gasteiger partial charge in [-0.3, -0.25) is 4.79 Å². The van der Waals surface area contributed by atoms with Crippen molar-refractivity contribution in [2.45, 2.75) is 19.1 Å². The van der Waals surface area contributed by atoms with E-state index in [0.29, 0.717) is 0 Å². The highest BCUT2D eigenvalue weighted by Crippen LogP contribution is 2.02. The molecule has 0 heterocycles. The molecule has 1 aromatic rings. The van der Waals surface area contributed by atoms with Crippen LogP contribution in [0.4, 0.5) is 4.79 Å². The van der Waals surface area contributed by atoms with Crippen LogP contribution in [-0.4, -0.2) is 37.9 Å². The molecule has 0 fully saturated rings. The third kappa shape index (κ3) is 8.05. The highest BCUT2D eigenvalue weighted by Gasteiger charge is 2.15. The fourth-order valence-corrected chi connectivity index (χ4v) is 1.98. The van der Waals surface area contributed by atoms with Gasteiger partial charge in [0.2, 0.25) is 0 Å². The number of sulfone groups is 1. The number of hydrogen-bond acceptors (Lipinski definition) is 5. The Morgan fingerprint density at radius 2 is 1.95 bits per heavy atom. The Morgan fingerprint density at radius 1 is 1.32 bits per heavy atom. The van der Waals surface area contributed by atoms with Crippen molar-refractivity contribution in [3.8, 4) is 0 Å². The highest BCUT2D eigenvalue weighted by atomic mass is 32.2. The Balaban J connectivity index is 2.58. The van der Waals surface area contributed by atoms with Gasteiger partial charge in [0, 0.05) is 11.7 Å². The molecule has 0 spiro atoms. The van der Waals surface area contributed by atoms with Crippen molar-refractivity contribution in [2.24, 2.45) is 0 Å². The molecule has 0 aliphatic rings. The summed E-state index contributed by atoms with van der Waals surface area (Å²) in [7, 11) is -3.41. The molecule has 1 amide bonds. The van der Waals surface area contributed by atoms with Crippen molar-refractivity contribution >= 4 is 21.9 Å². The fraction of sp³-hybridized carbons (Fsp3) is 0.286. The standard InChI is InChI=1S/C14H17NO6S/c1-22(19,20)8-7-12(9-13(16)17)15-14(18)21-10-11-5-3-2-4-6-11/h2-8,12H,9-10H2,1H3,(H,15,18)(H,16,17)/b8-7+/t12-/m1/s1. The molecule has 0 saturated carbocycles. The van der Waals surface area contributed by atoms with Crippen molar-refractivity contribution in [3.63, 3.8) is 0 Å². The SMILES string of the molecule is CS(=O)(=O)/C=C/[C@H](CC(=O)O)NC(=O)OCc1ccccc1. The number of nitrogens with one attached hydrogen (secondary N) is 1. The van der Waals surface area contributed by atoms with Gasteiger partial charge in [-0.25, -0.2) is 13.2 Å². The molecule has 1 atom stereocenters. The maximum Gasteiger partial charge on any atom is 0.407 e. The fourth-order valence-electron chi connectivity index (χ4n) is 1.51. The van der Waals surface area contributed by atoms with E-state index in [1.807, 2.05) is 6.07 Å². The number of carbonyl (C=O) groups excluding carboxylic acids is 1. The van der Waals surface area contributed by atoms with Gasteiger partial charge >= 0.3 is 12.1 Å². The summed E-state index contributed by atoms with van der Waals surface area (Å²) in [6, 6.07) is 7.97. The second-order valence-corrected chi connectivity index (χ2v) is 6.50. The average Bonchev–Trinajstić information content (AvgIpc) is 2.42. The average molecular weight is 327 g/mol. The molecule has 0 bridgehead atoms. The molecule has 0 aromatic heterocycles. The van der Waals surface area contributed by atoms with Crippen LogP contribution in [-0.2, 0) is 26.0 Å². The van der Waals surface area contributed by atoms with Crippen LogP contribution in [0.3, 0.4) is 0 Å². The minimum atomic E-state index is -3.41. The molecular formula is C14H17NO6S. The van der Waals surface area contributed by atoms with Gasteiger partial charge < -0.3 is 15.2 Å². The Hall–Kier alpha value is -2.35. The molecule has 0 unspecified atom stereocenters. The second-order valence-electron chi connectivity index (χ2n) is 4.57. The zero-order valence-electron chi connectivity index (χ0n) is 11.9. The number of rotatable bonds is 7. The summed E-state index contributed by atoms with van der Waals surface area (Å²) < 4.78 is 27.0. The van der Waals surface area contributed by atoms with Gasteiger partial charge in [0.05, 0.1) is 12.5 Å². The zero-order chi connectivity index (χ0) is 16.6. The molecule has 120 valence electrons. The monoisotopic (exact) mass is 327 g/mol. The lowest BCUT2D eigenvalue weighted by Crippen LogP contribution is -2.35. The van der Waals surface area contributed by atoms with Gasteiger partial charge in [0.25, 0.3) is 0 Å². The molecule has 7 nitrogen and oxygen atoms in total. The van der Waals surface area contributed by atoms with Crippen molar-refractivity contribution in [2.75, 3.05) is 6.26 Å². The summed E-state index contributed by atoms with van der Waals surface area (Å²) in [6.07, 6.45) is 0.794. The van der Waals surface area contributed by atoms with E-state index in [0.717, 1.165) is 23.3 Å². The predicted molar refractivity (Wildman–Crippen MR) is 79.8 cm³/mol. The van der Waals surface area contributed by atoms with Crippen LogP contribution in [0.15, 0.2) is 41.8 Å².